The van der Waals surface area contributed by atoms with Crippen LogP contribution in [0.15, 0.2) is 72.3 Å². The number of benzene rings is 3. The van der Waals surface area contributed by atoms with E-state index in [-0.39, 0.29) is 5.92 Å². The Morgan fingerprint density at radius 3 is 2.03 bits per heavy atom. The summed E-state index contributed by atoms with van der Waals surface area (Å²) in [6.45, 7) is 7.34. The Kier molecular flexibility index (Phi) is 8.10. The van der Waals surface area contributed by atoms with Crippen LogP contribution in [0.25, 0.3) is 17.7 Å². The molecule has 0 N–H and O–H groups in total. The van der Waals surface area contributed by atoms with Gasteiger partial charge in [0.25, 0.3) is 0 Å². The lowest BCUT2D eigenvalue weighted by Gasteiger charge is -2.34. The first-order valence-corrected chi connectivity index (χ1v) is 14.4. The number of fused-ring (bicyclic) bond motifs is 2. The summed E-state index contributed by atoms with van der Waals surface area (Å²) in [5, 5.41) is 11.3. The molecule has 2 aliphatic rings. The summed E-state index contributed by atoms with van der Waals surface area (Å²) in [5.41, 5.74) is 8.63. The van der Waals surface area contributed by atoms with Gasteiger partial charge in [-0.05, 0) is 83.7 Å². The molecule has 4 heteroatoms. The topological polar surface area (TPSA) is 27.0 Å². The van der Waals surface area contributed by atoms with Crippen molar-refractivity contribution in [3.8, 4) is 6.07 Å². The summed E-state index contributed by atoms with van der Waals surface area (Å²) < 4.78 is 0. The maximum absolute atomic E-state index is 10.3. The Morgan fingerprint density at radius 1 is 0.868 bits per heavy atom. The van der Waals surface area contributed by atoms with Crippen LogP contribution >= 0.6 is 23.2 Å². The number of likely N-dealkylation sites (tertiary alicyclic amines) is 1. The van der Waals surface area contributed by atoms with Crippen molar-refractivity contribution < 1.29 is 0 Å². The summed E-state index contributed by atoms with van der Waals surface area (Å²) in [4.78, 5) is 2.56. The molecule has 1 heterocycles. The van der Waals surface area contributed by atoms with Crippen molar-refractivity contribution >= 4 is 40.9 Å². The van der Waals surface area contributed by atoms with Crippen LogP contribution < -0.4 is 0 Å². The van der Waals surface area contributed by atoms with E-state index in [9.17, 15) is 5.26 Å². The molecule has 3 aromatic carbocycles. The van der Waals surface area contributed by atoms with Crippen molar-refractivity contribution in [3.05, 3.63) is 110 Å². The molecule has 0 spiro atoms. The monoisotopic (exact) mass is 540 g/mol. The minimum absolute atomic E-state index is 0.173. The molecule has 0 amide bonds. The predicted octanol–water partition coefficient (Wildman–Crippen LogP) is 9.27. The zero-order chi connectivity index (χ0) is 26.7. The second kappa shape index (κ2) is 11.5. The highest BCUT2D eigenvalue weighted by Crippen LogP contribution is 2.40. The van der Waals surface area contributed by atoms with Gasteiger partial charge in [0.1, 0.15) is 0 Å². The Morgan fingerprint density at radius 2 is 1.47 bits per heavy atom. The summed E-state index contributed by atoms with van der Waals surface area (Å²) in [6, 6.07) is 25.9. The highest BCUT2D eigenvalue weighted by Gasteiger charge is 2.36. The van der Waals surface area contributed by atoms with Crippen LogP contribution in [0.4, 0.5) is 0 Å². The third-order valence-electron chi connectivity index (χ3n) is 8.38. The first-order chi connectivity index (χ1) is 18.4. The van der Waals surface area contributed by atoms with E-state index >= 15 is 0 Å². The molecular formula is C34H34Cl2N2. The molecule has 1 aliphatic carbocycles. The van der Waals surface area contributed by atoms with Crippen molar-refractivity contribution in [1.82, 2.24) is 4.90 Å². The molecule has 0 saturated carbocycles. The number of piperidine rings is 1. The van der Waals surface area contributed by atoms with Crippen molar-refractivity contribution in [2.24, 2.45) is 5.92 Å². The normalized spacial score (nSPS) is 16.9. The van der Waals surface area contributed by atoms with E-state index in [2.05, 4.69) is 85.5 Å². The van der Waals surface area contributed by atoms with Gasteiger partial charge < -0.3 is 4.90 Å². The largest absolute Gasteiger partial charge is 0.303 e. The lowest BCUT2D eigenvalue weighted by molar-refractivity contribution is 0.238. The Labute approximate surface area is 237 Å². The Bertz CT molecular complexity index is 1370. The van der Waals surface area contributed by atoms with Gasteiger partial charge in [-0.2, -0.15) is 5.26 Å². The van der Waals surface area contributed by atoms with Gasteiger partial charge in [0.15, 0.2) is 0 Å². The standard InChI is InChI=1S/C34H34Cl2N2/c1-24(2)34(23-37,28-14-15-31(35)32(36)22-28)18-7-19-38-20-16-27(17-21-38)33-29-10-5-3-8-25(29)12-13-26-9-4-6-11-30(26)33/h3-6,8-15,22,24H,7,16-21H2,1-2H3. The van der Waals surface area contributed by atoms with Gasteiger partial charge >= 0.3 is 0 Å². The molecule has 0 radical (unpaired) electrons. The third-order valence-corrected chi connectivity index (χ3v) is 9.12. The summed E-state index contributed by atoms with van der Waals surface area (Å²) in [7, 11) is 0. The maximum Gasteiger partial charge on any atom is 0.0846 e. The van der Waals surface area contributed by atoms with E-state index < -0.39 is 5.41 Å². The molecule has 3 aromatic rings. The van der Waals surface area contributed by atoms with Crippen LogP contribution in [0.1, 0.15) is 67.3 Å². The Balaban J connectivity index is 1.31. The van der Waals surface area contributed by atoms with Gasteiger partial charge in [0.05, 0.1) is 21.5 Å². The van der Waals surface area contributed by atoms with Crippen LogP contribution in [0, 0.1) is 17.2 Å². The molecule has 2 nitrogen and oxygen atoms in total. The average molecular weight is 542 g/mol. The smallest absolute Gasteiger partial charge is 0.0846 e. The average Bonchev–Trinajstić information content (AvgIpc) is 3.10. The number of hydrogen-bond donors (Lipinski definition) is 0. The van der Waals surface area contributed by atoms with E-state index in [0.29, 0.717) is 10.0 Å². The van der Waals surface area contributed by atoms with Crippen LogP contribution in [-0.2, 0) is 5.41 Å². The van der Waals surface area contributed by atoms with E-state index in [4.69, 9.17) is 23.2 Å². The molecule has 38 heavy (non-hydrogen) atoms. The molecule has 0 aromatic heterocycles. The number of nitrogens with zero attached hydrogens (tertiary/aromatic N) is 2. The van der Waals surface area contributed by atoms with Crippen molar-refractivity contribution in [2.45, 2.75) is 44.9 Å². The SMILES string of the molecule is CC(C)C(C#N)(CCCN1CCC(=C2c3ccccc3C=Cc3ccccc32)CC1)c1ccc(Cl)c(Cl)c1. The predicted molar refractivity (Wildman–Crippen MR) is 161 cm³/mol. The minimum atomic E-state index is -0.572. The summed E-state index contributed by atoms with van der Waals surface area (Å²) >= 11 is 12.5. The fourth-order valence-corrected chi connectivity index (χ4v) is 6.41. The second-order valence-corrected chi connectivity index (χ2v) is 11.6. The highest BCUT2D eigenvalue weighted by atomic mass is 35.5. The quantitative estimate of drug-likeness (QED) is 0.243. The fourth-order valence-electron chi connectivity index (χ4n) is 6.11. The fraction of sp³-hybridized carbons (Fsp3) is 0.324. The number of halogens is 2. The lowest BCUT2D eigenvalue weighted by Crippen LogP contribution is -2.35. The maximum atomic E-state index is 10.3. The van der Waals surface area contributed by atoms with Gasteiger partial charge in [-0.3, -0.25) is 0 Å². The molecule has 1 aliphatic heterocycles. The zero-order valence-electron chi connectivity index (χ0n) is 22.2. The molecule has 1 saturated heterocycles. The molecule has 194 valence electrons. The highest BCUT2D eigenvalue weighted by molar-refractivity contribution is 6.42. The van der Waals surface area contributed by atoms with E-state index in [1.165, 1.54) is 27.8 Å². The van der Waals surface area contributed by atoms with Gasteiger partial charge in [0, 0.05) is 13.1 Å². The van der Waals surface area contributed by atoms with Crippen LogP contribution in [0.2, 0.25) is 10.0 Å². The van der Waals surface area contributed by atoms with Gasteiger partial charge in [-0.25, -0.2) is 0 Å². The first-order valence-electron chi connectivity index (χ1n) is 13.6. The number of hydrogen-bond acceptors (Lipinski definition) is 2. The van der Waals surface area contributed by atoms with Crippen LogP contribution in [0.5, 0.6) is 0 Å². The van der Waals surface area contributed by atoms with Crippen LogP contribution in [0.3, 0.4) is 0 Å². The summed E-state index contributed by atoms with van der Waals surface area (Å²) in [6.07, 6.45) is 8.40. The van der Waals surface area contributed by atoms with Crippen molar-refractivity contribution in [1.29, 1.82) is 5.26 Å². The van der Waals surface area contributed by atoms with E-state index in [1.54, 1.807) is 5.57 Å². The van der Waals surface area contributed by atoms with Gasteiger partial charge in [0.2, 0.25) is 0 Å². The third kappa shape index (κ3) is 5.21. The number of rotatable bonds is 6. The zero-order valence-corrected chi connectivity index (χ0v) is 23.7. The lowest BCUT2D eigenvalue weighted by atomic mass is 9.70. The van der Waals surface area contributed by atoms with Gasteiger partial charge in [-0.1, -0.05) is 109 Å². The van der Waals surface area contributed by atoms with E-state index in [0.717, 1.165) is 50.9 Å². The van der Waals surface area contributed by atoms with Crippen molar-refractivity contribution in [3.63, 3.8) is 0 Å². The molecule has 1 unspecified atom stereocenters. The molecule has 1 fully saturated rings. The number of nitriles is 1. The van der Waals surface area contributed by atoms with Crippen molar-refractivity contribution in [2.75, 3.05) is 19.6 Å². The van der Waals surface area contributed by atoms with Crippen LogP contribution in [-0.4, -0.2) is 24.5 Å². The van der Waals surface area contributed by atoms with E-state index in [1.807, 2.05) is 18.2 Å². The molecular weight excluding hydrogens is 507 g/mol. The molecule has 0 bridgehead atoms. The second-order valence-electron chi connectivity index (χ2n) is 10.8. The molecule has 5 rings (SSSR count). The first kappa shape index (κ1) is 26.8. The summed E-state index contributed by atoms with van der Waals surface area (Å²) in [5.74, 6) is 0.173. The molecule has 1 atom stereocenters. The Hall–Kier alpha value is -2.83. The minimum Gasteiger partial charge on any atom is -0.303 e. The van der Waals surface area contributed by atoms with Gasteiger partial charge in [-0.15, -0.1) is 0 Å².